The lowest BCUT2D eigenvalue weighted by molar-refractivity contribution is 1.33. The maximum Gasteiger partial charge on any atom is 0.140 e. The number of hydrogen-bond donors (Lipinski definition) is 2. The lowest BCUT2D eigenvalue weighted by Crippen LogP contribution is -1.86. The number of aromatic amines is 1. The summed E-state index contributed by atoms with van der Waals surface area (Å²) in [5.41, 5.74) is 9.04. The van der Waals surface area contributed by atoms with Crippen molar-refractivity contribution in [2.45, 2.75) is 0 Å². The lowest BCUT2D eigenvalue weighted by Gasteiger charge is -2.00. The van der Waals surface area contributed by atoms with Gasteiger partial charge in [0.25, 0.3) is 0 Å². The predicted molar refractivity (Wildman–Crippen MR) is 86.4 cm³/mol. The average molecular weight is 401 g/mol. The second-order valence-electron chi connectivity index (χ2n) is 4.10. The summed E-state index contributed by atoms with van der Waals surface area (Å²) >= 11 is 13.1. The molecule has 3 N–H and O–H groups in total. The first kappa shape index (κ1) is 13.0. The molecule has 3 nitrogen and oxygen atoms in total. The van der Waals surface area contributed by atoms with Crippen molar-refractivity contribution in [3.05, 3.63) is 44.3 Å². The average Bonchev–Trinajstić information content (AvgIpc) is 2.76. The van der Waals surface area contributed by atoms with Gasteiger partial charge in [0.05, 0.1) is 16.2 Å². The molecule has 0 atom stereocenters. The molecule has 19 heavy (non-hydrogen) atoms. The molecule has 0 fully saturated rings. The fourth-order valence-electron chi connectivity index (χ4n) is 1.91. The molecule has 3 rings (SSSR count). The summed E-state index contributed by atoms with van der Waals surface area (Å²) in [5, 5.41) is 0.639. The van der Waals surface area contributed by atoms with Gasteiger partial charge in [-0.1, -0.05) is 43.5 Å². The van der Waals surface area contributed by atoms with E-state index in [1.807, 2.05) is 30.3 Å². The first-order valence-corrected chi connectivity index (χ1v) is 7.41. The van der Waals surface area contributed by atoms with Crippen molar-refractivity contribution in [1.29, 1.82) is 0 Å². The Morgan fingerprint density at radius 3 is 2.68 bits per heavy atom. The van der Waals surface area contributed by atoms with Gasteiger partial charge in [0, 0.05) is 14.5 Å². The van der Waals surface area contributed by atoms with Crippen molar-refractivity contribution in [2.75, 3.05) is 5.73 Å². The molecule has 2 aromatic carbocycles. The maximum atomic E-state index is 6.21. The summed E-state index contributed by atoms with van der Waals surface area (Å²) in [7, 11) is 0. The molecule has 1 aromatic heterocycles. The third kappa shape index (κ3) is 2.38. The van der Waals surface area contributed by atoms with E-state index in [9.17, 15) is 0 Å². The van der Waals surface area contributed by atoms with Gasteiger partial charge >= 0.3 is 0 Å². The largest absolute Gasteiger partial charge is 0.397 e. The van der Waals surface area contributed by atoms with Crippen molar-refractivity contribution in [3.8, 4) is 11.4 Å². The van der Waals surface area contributed by atoms with Crippen LogP contribution in [-0.2, 0) is 0 Å². The number of rotatable bonds is 1. The number of imidazole rings is 1. The summed E-state index contributed by atoms with van der Waals surface area (Å²) in [6.45, 7) is 0. The molecular weight excluding hydrogens is 393 g/mol. The Morgan fingerprint density at radius 1 is 1.11 bits per heavy atom. The molecule has 0 amide bonds. The number of nitrogens with two attached hydrogens (primary N) is 1. The molecule has 0 bridgehead atoms. The second-order valence-corrected chi connectivity index (χ2v) is 6.34. The van der Waals surface area contributed by atoms with Crippen LogP contribution in [0.1, 0.15) is 0 Å². The SMILES string of the molecule is Nc1cc(Br)cc2[nH]c(-c3cc(Br)ccc3Cl)nc12. The molecule has 6 heteroatoms. The lowest BCUT2D eigenvalue weighted by atomic mass is 10.2. The van der Waals surface area contributed by atoms with E-state index in [0.717, 1.165) is 25.5 Å². The number of hydrogen-bond acceptors (Lipinski definition) is 2. The van der Waals surface area contributed by atoms with Gasteiger partial charge < -0.3 is 10.7 Å². The highest BCUT2D eigenvalue weighted by atomic mass is 79.9. The Kier molecular flexibility index (Phi) is 3.28. The van der Waals surface area contributed by atoms with Crippen molar-refractivity contribution in [3.63, 3.8) is 0 Å². The molecule has 0 saturated carbocycles. The molecule has 0 unspecified atom stereocenters. The molecular formula is C13H8Br2ClN3. The Hall–Kier alpha value is -1.04. The van der Waals surface area contributed by atoms with Gasteiger partial charge in [-0.2, -0.15) is 0 Å². The van der Waals surface area contributed by atoms with Gasteiger partial charge in [0.15, 0.2) is 0 Å². The minimum atomic E-state index is 0.623. The van der Waals surface area contributed by atoms with E-state index in [2.05, 4.69) is 41.8 Å². The van der Waals surface area contributed by atoms with Crippen molar-refractivity contribution < 1.29 is 0 Å². The van der Waals surface area contributed by atoms with Gasteiger partial charge in [0.1, 0.15) is 11.3 Å². The van der Waals surface area contributed by atoms with Crippen LogP contribution in [-0.4, -0.2) is 9.97 Å². The van der Waals surface area contributed by atoms with Gasteiger partial charge in [-0.3, -0.25) is 0 Å². The van der Waals surface area contributed by atoms with Crippen molar-refractivity contribution in [1.82, 2.24) is 9.97 Å². The summed E-state index contributed by atoms with van der Waals surface area (Å²) in [4.78, 5) is 7.75. The monoisotopic (exact) mass is 399 g/mol. The zero-order chi connectivity index (χ0) is 13.6. The molecule has 0 saturated heterocycles. The number of halogens is 3. The standard InChI is InChI=1S/C13H8Br2ClN3/c14-6-1-2-9(16)8(3-6)13-18-11-5-7(15)4-10(17)12(11)19-13/h1-5H,17H2,(H,18,19). The second kappa shape index (κ2) is 4.81. The minimum Gasteiger partial charge on any atom is -0.397 e. The first-order valence-electron chi connectivity index (χ1n) is 5.45. The van der Waals surface area contributed by atoms with E-state index >= 15 is 0 Å². The Morgan fingerprint density at radius 2 is 1.89 bits per heavy atom. The number of aromatic nitrogens is 2. The number of nitrogens with zero attached hydrogens (tertiary/aromatic N) is 1. The summed E-state index contributed by atoms with van der Waals surface area (Å²) in [6, 6.07) is 9.40. The quantitative estimate of drug-likeness (QED) is 0.565. The highest BCUT2D eigenvalue weighted by Crippen LogP contribution is 2.32. The molecule has 96 valence electrons. The van der Waals surface area contributed by atoms with Gasteiger partial charge in [0.2, 0.25) is 0 Å². The molecule has 0 aliphatic rings. The number of H-pyrrole nitrogens is 1. The Balaban J connectivity index is 2.26. The molecule has 1 heterocycles. The fraction of sp³-hybridized carbons (Fsp3) is 0. The van der Waals surface area contributed by atoms with Crippen LogP contribution in [0.4, 0.5) is 5.69 Å². The van der Waals surface area contributed by atoms with E-state index in [1.165, 1.54) is 0 Å². The van der Waals surface area contributed by atoms with Crippen molar-refractivity contribution >= 4 is 60.2 Å². The number of benzene rings is 2. The van der Waals surface area contributed by atoms with Crippen LogP contribution in [0.2, 0.25) is 5.02 Å². The normalized spacial score (nSPS) is 11.1. The molecule has 0 aliphatic carbocycles. The highest BCUT2D eigenvalue weighted by Gasteiger charge is 2.11. The zero-order valence-corrected chi connectivity index (χ0v) is 13.5. The number of nitrogens with one attached hydrogen (secondary N) is 1. The van der Waals surface area contributed by atoms with Crippen molar-refractivity contribution in [2.24, 2.45) is 0 Å². The Bertz CT molecular complexity index is 783. The molecule has 0 radical (unpaired) electrons. The van der Waals surface area contributed by atoms with Gasteiger partial charge in [-0.25, -0.2) is 4.98 Å². The van der Waals surface area contributed by atoms with Crippen LogP contribution in [0.15, 0.2) is 39.3 Å². The van der Waals surface area contributed by atoms with Crippen LogP contribution in [0.3, 0.4) is 0 Å². The topological polar surface area (TPSA) is 54.7 Å². The molecule has 0 spiro atoms. The Labute approximate surface area is 131 Å². The van der Waals surface area contributed by atoms with Crippen LogP contribution in [0.25, 0.3) is 22.4 Å². The minimum absolute atomic E-state index is 0.623. The van der Waals surface area contributed by atoms with E-state index in [-0.39, 0.29) is 0 Å². The van der Waals surface area contributed by atoms with Gasteiger partial charge in [-0.15, -0.1) is 0 Å². The van der Waals surface area contributed by atoms with E-state index in [1.54, 1.807) is 0 Å². The van der Waals surface area contributed by atoms with Crippen LogP contribution in [0, 0.1) is 0 Å². The molecule has 0 aliphatic heterocycles. The fourth-order valence-corrected chi connectivity index (χ4v) is 2.96. The van der Waals surface area contributed by atoms with E-state index in [0.29, 0.717) is 16.5 Å². The summed E-state index contributed by atoms with van der Waals surface area (Å²) < 4.78 is 1.86. The van der Waals surface area contributed by atoms with Crippen LogP contribution in [0.5, 0.6) is 0 Å². The first-order chi connectivity index (χ1) is 9.04. The van der Waals surface area contributed by atoms with Crippen LogP contribution < -0.4 is 5.73 Å². The van der Waals surface area contributed by atoms with Gasteiger partial charge in [-0.05, 0) is 30.3 Å². The van der Waals surface area contributed by atoms with E-state index in [4.69, 9.17) is 17.3 Å². The number of nitrogen functional groups attached to an aromatic ring is 1. The van der Waals surface area contributed by atoms with E-state index < -0.39 is 0 Å². The molecule has 3 aromatic rings. The third-order valence-electron chi connectivity index (χ3n) is 2.76. The maximum absolute atomic E-state index is 6.21. The van der Waals surface area contributed by atoms with Crippen LogP contribution >= 0.6 is 43.5 Å². The summed E-state index contributed by atoms with van der Waals surface area (Å²) in [5.74, 6) is 0.700. The highest BCUT2D eigenvalue weighted by molar-refractivity contribution is 9.10. The number of anilines is 1. The summed E-state index contributed by atoms with van der Waals surface area (Å²) in [6.07, 6.45) is 0. The zero-order valence-electron chi connectivity index (χ0n) is 9.55. The predicted octanol–water partition coefficient (Wildman–Crippen LogP) is 4.99. The number of fused-ring (bicyclic) bond motifs is 1. The smallest absolute Gasteiger partial charge is 0.140 e. The third-order valence-corrected chi connectivity index (χ3v) is 4.05.